The highest BCUT2D eigenvalue weighted by Gasteiger charge is 2.06. The fraction of sp³-hybridized carbons (Fsp3) is 0.632. The number of carbonyl (C=O) groups excluding carboxylic acids is 1. The Morgan fingerprint density at radius 2 is 1.22 bits per heavy atom. The molecular weight excluding hydrogens is 329 g/mol. The van der Waals surface area contributed by atoms with Crippen LogP contribution in [-0.2, 0) is 0 Å². The van der Waals surface area contributed by atoms with E-state index in [9.17, 15) is 4.79 Å². The van der Waals surface area contributed by atoms with Crippen LogP contribution in [0.4, 0.5) is 5.69 Å². The predicted molar refractivity (Wildman–Crippen MR) is 102 cm³/mol. The highest BCUT2D eigenvalue weighted by atomic mass is 35.5. The van der Waals surface area contributed by atoms with Crippen LogP contribution in [0.1, 0.15) is 61.7 Å². The Labute approximate surface area is 151 Å². The maximum Gasteiger partial charge on any atom is 0.150 e. The Hall–Kier alpha value is -0.730. The highest BCUT2D eigenvalue weighted by molar-refractivity contribution is 6.18. The first-order valence-electron chi connectivity index (χ1n) is 8.74. The average Bonchev–Trinajstić information content (AvgIpc) is 2.59. The molecule has 0 saturated carbocycles. The monoisotopic (exact) mass is 357 g/mol. The lowest BCUT2D eigenvalue weighted by atomic mass is 10.1. The van der Waals surface area contributed by atoms with Crippen LogP contribution < -0.4 is 4.90 Å². The van der Waals surface area contributed by atoms with Gasteiger partial charge in [-0.25, -0.2) is 0 Å². The lowest BCUT2D eigenvalue weighted by molar-refractivity contribution is 0.112. The maximum atomic E-state index is 10.8. The molecule has 0 bridgehead atoms. The molecule has 23 heavy (non-hydrogen) atoms. The number of unbranched alkanes of at least 4 members (excludes halogenated alkanes) is 6. The van der Waals surface area contributed by atoms with Gasteiger partial charge in [0.25, 0.3) is 0 Å². The Kier molecular flexibility index (Phi) is 12.1. The van der Waals surface area contributed by atoms with E-state index in [1.807, 2.05) is 12.1 Å². The number of carbonyl (C=O) groups is 1. The number of alkyl halides is 2. The molecule has 0 aliphatic heterocycles. The Bertz CT molecular complexity index is 394. The van der Waals surface area contributed by atoms with Crippen molar-refractivity contribution in [1.29, 1.82) is 0 Å². The van der Waals surface area contributed by atoms with Crippen LogP contribution in [0, 0.1) is 0 Å². The van der Waals surface area contributed by atoms with Crippen LogP contribution in [0.15, 0.2) is 24.3 Å². The van der Waals surface area contributed by atoms with Crippen LogP contribution >= 0.6 is 23.2 Å². The first-order chi connectivity index (χ1) is 11.3. The molecule has 130 valence electrons. The lowest BCUT2D eigenvalue weighted by Crippen LogP contribution is -2.25. The third-order valence-corrected chi connectivity index (χ3v) is 4.55. The van der Waals surface area contributed by atoms with Crippen LogP contribution in [0.3, 0.4) is 0 Å². The number of hydrogen-bond donors (Lipinski definition) is 0. The second-order valence-corrected chi connectivity index (χ2v) is 6.66. The van der Waals surface area contributed by atoms with Gasteiger partial charge in [0.1, 0.15) is 6.29 Å². The molecule has 0 saturated heterocycles. The molecular formula is C19H29Cl2NO. The average molecular weight is 358 g/mol. The molecule has 1 aromatic rings. The van der Waals surface area contributed by atoms with Gasteiger partial charge in [0.2, 0.25) is 0 Å². The molecule has 0 amide bonds. The van der Waals surface area contributed by atoms with Gasteiger partial charge in [-0.15, -0.1) is 23.2 Å². The fourth-order valence-electron chi connectivity index (χ4n) is 2.64. The quantitative estimate of drug-likeness (QED) is 0.234. The van der Waals surface area contributed by atoms with Crippen molar-refractivity contribution in [2.45, 2.75) is 51.4 Å². The molecule has 1 aromatic carbocycles. The highest BCUT2D eigenvalue weighted by Crippen LogP contribution is 2.17. The molecule has 0 N–H and O–H groups in total. The number of benzene rings is 1. The molecule has 0 atom stereocenters. The molecule has 0 fully saturated rings. The first-order valence-corrected chi connectivity index (χ1v) is 9.81. The minimum Gasteiger partial charge on any atom is -0.372 e. The summed E-state index contributed by atoms with van der Waals surface area (Å²) in [7, 11) is 0. The minimum absolute atomic E-state index is 0.734. The normalized spacial score (nSPS) is 10.7. The Balaban J connectivity index is 2.47. The van der Waals surface area contributed by atoms with E-state index in [0.29, 0.717) is 0 Å². The van der Waals surface area contributed by atoms with Gasteiger partial charge in [-0.3, -0.25) is 4.79 Å². The summed E-state index contributed by atoms with van der Waals surface area (Å²) in [4.78, 5) is 13.2. The summed E-state index contributed by atoms with van der Waals surface area (Å²) in [5, 5.41) is 0. The summed E-state index contributed by atoms with van der Waals surface area (Å²) in [5.41, 5.74) is 1.95. The topological polar surface area (TPSA) is 20.3 Å². The second-order valence-electron chi connectivity index (χ2n) is 5.90. The summed E-state index contributed by atoms with van der Waals surface area (Å²) < 4.78 is 0. The van der Waals surface area contributed by atoms with Crippen LogP contribution in [0.5, 0.6) is 0 Å². The van der Waals surface area contributed by atoms with E-state index >= 15 is 0 Å². The molecule has 0 heterocycles. The first kappa shape index (κ1) is 20.3. The van der Waals surface area contributed by atoms with Crippen molar-refractivity contribution in [3.05, 3.63) is 29.8 Å². The minimum atomic E-state index is 0.734. The second kappa shape index (κ2) is 13.7. The molecule has 4 heteroatoms. The molecule has 0 aromatic heterocycles. The van der Waals surface area contributed by atoms with Crippen molar-refractivity contribution in [3.8, 4) is 0 Å². The summed E-state index contributed by atoms with van der Waals surface area (Å²) in [6, 6.07) is 7.91. The van der Waals surface area contributed by atoms with Crippen molar-refractivity contribution >= 4 is 35.2 Å². The van der Waals surface area contributed by atoms with E-state index in [2.05, 4.69) is 17.0 Å². The Morgan fingerprint density at radius 3 is 1.65 bits per heavy atom. The zero-order valence-electron chi connectivity index (χ0n) is 14.0. The van der Waals surface area contributed by atoms with Gasteiger partial charge in [-0.1, -0.05) is 25.7 Å². The number of halogens is 2. The summed E-state index contributed by atoms with van der Waals surface area (Å²) >= 11 is 11.5. The predicted octanol–water partition coefficient (Wildman–Crippen LogP) is 5.90. The van der Waals surface area contributed by atoms with Crippen molar-refractivity contribution in [2.24, 2.45) is 0 Å². The zero-order chi connectivity index (χ0) is 16.8. The standard InChI is InChI=1S/C19H29Cl2NO/c20-13-5-1-3-7-15-22(16-8-4-2-6-14-21)19-11-9-18(17-23)10-12-19/h9-12,17H,1-8,13-16H2. The van der Waals surface area contributed by atoms with Crippen molar-refractivity contribution < 1.29 is 4.79 Å². The van der Waals surface area contributed by atoms with E-state index in [1.54, 1.807) is 0 Å². The van der Waals surface area contributed by atoms with E-state index in [1.165, 1.54) is 44.2 Å². The molecule has 1 rings (SSSR count). The van der Waals surface area contributed by atoms with Crippen LogP contribution in [-0.4, -0.2) is 31.1 Å². The van der Waals surface area contributed by atoms with Gasteiger partial charge in [-0.2, -0.15) is 0 Å². The third-order valence-electron chi connectivity index (χ3n) is 4.02. The van der Waals surface area contributed by atoms with Gasteiger partial charge in [-0.05, 0) is 49.9 Å². The number of hydrogen-bond acceptors (Lipinski definition) is 2. The molecule has 0 aliphatic rings. The molecule has 0 spiro atoms. The third kappa shape index (κ3) is 9.22. The Morgan fingerprint density at radius 1 is 0.739 bits per heavy atom. The van der Waals surface area contributed by atoms with E-state index in [4.69, 9.17) is 23.2 Å². The van der Waals surface area contributed by atoms with Gasteiger partial charge < -0.3 is 4.90 Å². The zero-order valence-corrected chi connectivity index (χ0v) is 15.5. The molecule has 0 aliphatic carbocycles. The largest absolute Gasteiger partial charge is 0.372 e. The smallest absolute Gasteiger partial charge is 0.150 e. The summed E-state index contributed by atoms with van der Waals surface area (Å²) in [6.45, 7) is 2.14. The maximum absolute atomic E-state index is 10.8. The molecule has 0 radical (unpaired) electrons. The van der Waals surface area contributed by atoms with Crippen molar-refractivity contribution in [3.63, 3.8) is 0 Å². The van der Waals surface area contributed by atoms with Crippen LogP contribution in [0.25, 0.3) is 0 Å². The van der Waals surface area contributed by atoms with E-state index < -0.39 is 0 Å². The molecule has 0 unspecified atom stereocenters. The number of anilines is 1. The lowest BCUT2D eigenvalue weighted by Gasteiger charge is -2.25. The van der Waals surface area contributed by atoms with Gasteiger partial charge in [0, 0.05) is 36.1 Å². The van der Waals surface area contributed by atoms with E-state index in [0.717, 1.165) is 49.5 Å². The number of aldehydes is 1. The van der Waals surface area contributed by atoms with Gasteiger partial charge >= 0.3 is 0 Å². The van der Waals surface area contributed by atoms with E-state index in [-0.39, 0.29) is 0 Å². The summed E-state index contributed by atoms with van der Waals surface area (Å²) in [5.74, 6) is 1.52. The number of nitrogens with zero attached hydrogens (tertiary/aromatic N) is 1. The van der Waals surface area contributed by atoms with Gasteiger partial charge in [0.05, 0.1) is 0 Å². The van der Waals surface area contributed by atoms with Crippen LogP contribution in [0.2, 0.25) is 0 Å². The van der Waals surface area contributed by atoms with Crippen molar-refractivity contribution in [1.82, 2.24) is 0 Å². The van der Waals surface area contributed by atoms with Crippen molar-refractivity contribution in [2.75, 3.05) is 29.7 Å². The molecule has 2 nitrogen and oxygen atoms in total. The number of rotatable bonds is 14. The SMILES string of the molecule is O=Cc1ccc(N(CCCCCCCl)CCCCCCCl)cc1. The fourth-order valence-corrected chi connectivity index (χ4v) is 3.01. The van der Waals surface area contributed by atoms with Gasteiger partial charge in [0.15, 0.2) is 0 Å². The summed E-state index contributed by atoms with van der Waals surface area (Å²) in [6.07, 6.45) is 10.3.